The second-order valence-corrected chi connectivity index (χ2v) is 6.81. The fraction of sp³-hybridized carbons (Fsp3) is 0.263. The van der Waals surface area contributed by atoms with E-state index in [1.807, 2.05) is 6.07 Å². The van der Waals surface area contributed by atoms with Gasteiger partial charge in [-0.15, -0.1) is 0 Å². The van der Waals surface area contributed by atoms with Crippen LogP contribution in [0.2, 0.25) is 0 Å². The third-order valence-electron chi connectivity index (χ3n) is 3.76. The highest BCUT2D eigenvalue weighted by molar-refractivity contribution is 9.10. The molecule has 0 saturated heterocycles. The fourth-order valence-corrected chi connectivity index (χ4v) is 2.73. The van der Waals surface area contributed by atoms with Crippen LogP contribution in [0.15, 0.2) is 53.0 Å². The van der Waals surface area contributed by atoms with Crippen molar-refractivity contribution in [2.75, 3.05) is 19.6 Å². The first-order valence-electron chi connectivity index (χ1n) is 8.47. The Morgan fingerprint density at radius 3 is 2.18 bits per heavy atom. The number of halogens is 4. The van der Waals surface area contributed by atoms with E-state index in [0.717, 1.165) is 16.6 Å². The van der Waals surface area contributed by atoms with E-state index in [1.54, 1.807) is 18.2 Å². The first-order valence-corrected chi connectivity index (χ1v) is 9.26. The van der Waals surface area contributed by atoms with Crippen LogP contribution in [0.1, 0.15) is 21.5 Å². The largest absolute Gasteiger partial charge is 0.416 e. The summed E-state index contributed by atoms with van der Waals surface area (Å²) in [5.74, 6) is -0.245. The van der Waals surface area contributed by atoms with E-state index in [1.165, 1.54) is 12.1 Å². The second kappa shape index (κ2) is 10.1. The van der Waals surface area contributed by atoms with Crippen molar-refractivity contribution < 1.29 is 22.8 Å². The molecule has 3 amide bonds. The number of rotatable bonds is 7. The molecule has 2 rings (SSSR count). The van der Waals surface area contributed by atoms with Crippen molar-refractivity contribution >= 4 is 27.9 Å². The molecule has 0 bridgehead atoms. The second-order valence-electron chi connectivity index (χ2n) is 5.89. The highest BCUT2D eigenvalue weighted by Crippen LogP contribution is 2.29. The number of benzene rings is 2. The summed E-state index contributed by atoms with van der Waals surface area (Å²) in [4.78, 5) is 23.6. The lowest BCUT2D eigenvalue weighted by Gasteiger charge is -2.10. The summed E-state index contributed by atoms with van der Waals surface area (Å²) in [7, 11) is 0. The average molecular weight is 458 g/mol. The lowest BCUT2D eigenvalue weighted by Crippen LogP contribution is -2.40. The van der Waals surface area contributed by atoms with Gasteiger partial charge in [-0.3, -0.25) is 4.79 Å². The average Bonchev–Trinajstić information content (AvgIpc) is 2.65. The number of hydrogen-bond donors (Lipinski definition) is 3. The maximum Gasteiger partial charge on any atom is 0.416 e. The third kappa shape index (κ3) is 7.22. The van der Waals surface area contributed by atoms with Gasteiger partial charge in [-0.05, 0) is 42.3 Å². The molecular formula is C19H19BrF3N3O2. The van der Waals surface area contributed by atoms with Gasteiger partial charge in [0.2, 0.25) is 0 Å². The number of alkyl halides is 3. The Morgan fingerprint density at radius 2 is 1.54 bits per heavy atom. The Kier molecular flexibility index (Phi) is 7.86. The predicted molar refractivity (Wildman–Crippen MR) is 103 cm³/mol. The maximum atomic E-state index is 12.5. The van der Waals surface area contributed by atoms with Crippen LogP contribution in [-0.2, 0) is 12.6 Å². The van der Waals surface area contributed by atoms with Crippen molar-refractivity contribution in [2.45, 2.75) is 12.6 Å². The van der Waals surface area contributed by atoms with Gasteiger partial charge in [-0.1, -0.05) is 34.1 Å². The Balaban J connectivity index is 1.62. The van der Waals surface area contributed by atoms with Crippen LogP contribution < -0.4 is 16.0 Å². The lowest BCUT2D eigenvalue weighted by atomic mass is 10.1. The molecule has 0 unspecified atom stereocenters. The van der Waals surface area contributed by atoms with Crippen LogP contribution in [-0.4, -0.2) is 31.6 Å². The van der Waals surface area contributed by atoms with Gasteiger partial charge in [-0.2, -0.15) is 13.2 Å². The molecule has 5 nitrogen and oxygen atoms in total. The molecule has 0 spiro atoms. The van der Waals surface area contributed by atoms with E-state index in [0.29, 0.717) is 17.5 Å². The van der Waals surface area contributed by atoms with Crippen LogP contribution >= 0.6 is 15.9 Å². The molecule has 0 atom stereocenters. The first kappa shape index (κ1) is 21.7. The van der Waals surface area contributed by atoms with Crippen LogP contribution in [0.4, 0.5) is 18.0 Å². The molecule has 2 aromatic rings. The number of carbonyl (C=O) groups is 2. The van der Waals surface area contributed by atoms with Gasteiger partial charge in [0.15, 0.2) is 0 Å². The van der Waals surface area contributed by atoms with E-state index >= 15 is 0 Å². The van der Waals surface area contributed by atoms with Gasteiger partial charge in [0.05, 0.1) is 5.56 Å². The quantitative estimate of drug-likeness (QED) is 0.554. The molecule has 3 N–H and O–H groups in total. The molecule has 0 radical (unpaired) electrons. The summed E-state index contributed by atoms with van der Waals surface area (Å²) in [5, 5.41) is 7.89. The van der Waals surface area contributed by atoms with Gasteiger partial charge in [0.1, 0.15) is 0 Å². The maximum absolute atomic E-state index is 12.5. The zero-order valence-corrected chi connectivity index (χ0v) is 16.4. The molecule has 0 aliphatic carbocycles. The molecule has 9 heteroatoms. The number of urea groups is 1. The number of amides is 3. The van der Waals surface area contributed by atoms with Crippen molar-refractivity contribution in [2.24, 2.45) is 0 Å². The summed E-state index contributed by atoms with van der Waals surface area (Å²) >= 11 is 3.29. The van der Waals surface area contributed by atoms with E-state index in [9.17, 15) is 22.8 Å². The number of nitrogens with one attached hydrogen (secondary N) is 3. The predicted octanol–water partition coefficient (Wildman–Crippen LogP) is 3.74. The molecule has 0 aromatic heterocycles. The zero-order valence-electron chi connectivity index (χ0n) is 14.8. The molecule has 2 aromatic carbocycles. The van der Waals surface area contributed by atoms with Crippen molar-refractivity contribution in [3.05, 3.63) is 69.7 Å². The van der Waals surface area contributed by atoms with Crippen molar-refractivity contribution in [1.29, 1.82) is 0 Å². The summed E-state index contributed by atoms with van der Waals surface area (Å²) in [6.45, 7) is 0.783. The Hall–Kier alpha value is -2.55. The molecule has 150 valence electrons. The number of hydrogen-bond acceptors (Lipinski definition) is 2. The molecule has 28 heavy (non-hydrogen) atoms. The van der Waals surface area contributed by atoms with E-state index in [-0.39, 0.29) is 25.5 Å². The Labute approximate surface area is 168 Å². The van der Waals surface area contributed by atoms with Crippen LogP contribution in [0.25, 0.3) is 0 Å². The monoisotopic (exact) mass is 457 g/mol. The summed E-state index contributed by atoms with van der Waals surface area (Å²) < 4.78 is 38.3. The molecule has 0 aliphatic heterocycles. The standard InChI is InChI=1S/C19H19BrF3N3O2/c20-16-3-1-2-14(12-16)17(27)24-10-11-26-18(28)25-9-8-13-4-6-15(7-5-13)19(21,22)23/h1-7,12H,8-11H2,(H,24,27)(H2,25,26,28). The van der Waals surface area contributed by atoms with Gasteiger partial charge in [-0.25, -0.2) is 4.79 Å². The van der Waals surface area contributed by atoms with E-state index in [2.05, 4.69) is 31.9 Å². The number of carbonyl (C=O) groups excluding carboxylic acids is 2. The highest BCUT2D eigenvalue weighted by Gasteiger charge is 2.29. The molecule has 0 saturated carbocycles. The smallest absolute Gasteiger partial charge is 0.350 e. The highest BCUT2D eigenvalue weighted by atomic mass is 79.9. The van der Waals surface area contributed by atoms with Crippen LogP contribution in [0.5, 0.6) is 0 Å². The third-order valence-corrected chi connectivity index (χ3v) is 4.26. The van der Waals surface area contributed by atoms with Gasteiger partial charge in [0, 0.05) is 29.7 Å². The lowest BCUT2D eigenvalue weighted by molar-refractivity contribution is -0.137. The SMILES string of the molecule is O=C(NCCNC(=O)c1cccc(Br)c1)NCCc1ccc(C(F)(F)F)cc1. The molecule has 0 fully saturated rings. The minimum absolute atomic E-state index is 0.242. The van der Waals surface area contributed by atoms with Crippen molar-refractivity contribution in [1.82, 2.24) is 16.0 Å². The van der Waals surface area contributed by atoms with Crippen molar-refractivity contribution in [3.8, 4) is 0 Å². The van der Waals surface area contributed by atoms with E-state index in [4.69, 9.17) is 0 Å². The van der Waals surface area contributed by atoms with Crippen molar-refractivity contribution in [3.63, 3.8) is 0 Å². The Morgan fingerprint density at radius 1 is 0.893 bits per heavy atom. The first-order chi connectivity index (χ1) is 13.3. The minimum atomic E-state index is -4.36. The van der Waals surface area contributed by atoms with Crippen LogP contribution in [0, 0.1) is 0 Å². The van der Waals surface area contributed by atoms with Gasteiger partial charge in [0.25, 0.3) is 5.91 Å². The zero-order chi connectivity index (χ0) is 20.6. The summed E-state index contributed by atoms with van der Waals surface area (Å²) in [5.41, 5.74) is 0.497. The summed E-state index contributed by atoms with van der Waals surface area (Å²) in [6, 6.07) is 11.3. The molecular weight excluding hydrogens is 439 g/mol. The molecule has 0 heterocycles. The topological polar surface area (TPSA) is 70.2 Å². The van der Waals surface area contributed by atoms with Gasteiger partial charge < -0.3 is 16.0 Å². The normalized spacial score (nSPS) is 11.0. The fourth-order valence-electron chi connectivity index (χ4n) is 2.33. The van der Waals surface area contributed by atoms with E-state index < -0.39 is 17.8 Å². The Bertz CT molecular complexity index is 811. The molecule has 0 aliphatic rings. The van der Waals surface area contributed by atoms with Gasteiger partial charge >= 0.3 is 12.2 Å². The minimum Gasteiger partial charge on any atom is -0.350 e. The summed E-state index contributed by atoms with van der Waals surface area (Å²) in [6.07, 6.45) is -3.95. The van der Waals surface area contributed by atoms with Crippen LogP contribution in [0.3, 0.4) is 0 Å².